The predicted molar refractivity (Wildman–Crippen MR) is 208 cm³/mol. The molecule has 0 saturated heterocycles. The Morgan fingerprint density at radius 2 is 1.10 bits per heavy atom. The molecular weight excluding hydrogens is 628 g/mol. The maximum atomic E-state index is 12.0. The Bertz CT molecular complexity index is 976. The zero-order valence-electron chi connectivity index (χ0n) is 31.8. The van der Waals surface area contributed by atoms with Gasteiger partial charge < -0.3 is 24.8 Å². The first kappa shape index (κ1) is 47.3. The van der Waals surface area contributed by atoms with Gasteiger partial charge in [0.05, 0.1) is 12.2 Å². The summed E-state index contributed by atoms with van der Waals surface area (Å²) in [5.41, 5.74) is 0. The van der Waals surface area contributed by atoms with E-state index in [9.17, 15) is 24.9 Å². The zero-order chi connectivity index (χ0) is 36.9. The van der Waals surface area contributed by atoms with Crippen molar-refractivity contribution in [2.75, 3.05) is 13.2 Å². The summed E-state index contributed by atoms with van der Waals surface area (Å²) < 4.78 is 10.2. The fourth-order valence-electron chi connectivity index (χ4n) is 5.07. The van der Waals surface area contributed by atoms with E-state index in [0.717, 1.165) is 38.0 Å². The minimum atomic E-state index is -1.04. The van der Waals surface area contributed by atoms with Crippen molar-refractivity contribution in [3.63, 3.8) is 0 Å². The summed E-state index contributed by atoms with van der Waals surface area (Å²) in [6.45, 7) is 6.27. The fourth-order valence-corrected chi connectivity index (χ4v) is 5.07. The van der Waals surface area contributed by atoms with Crippen molar-refractivity contribution in [2.24, 2.45) is 5.92 Å². The van der Waals surface area contributed by atoms with Gasteiger partial charge in [-0.05, 0) is 44.4 Å². The van der Waals surface area contributed by atoms with E-state index in [1.165, 1.54) is 64.2 Å². The molecule has 0 rings (SSSR count). The van der Waals surface area contributed by atoms with Crippen LogP contribution in [-0.2, 0) is 19.1 Å². The van der Waals surface area contributed by atoms with Crippen LogP contribution in [-0.4, -0.2) is 58.8 Å². The number of carbonyl (C=O) groups is 2. The molecule has 0 radical (unpaired) electrons. The van der Waals surface area contributed by atoms with Gasteiger partial charge in [0.1, 0.15) is 19.3 Å². The molecule has 0 amide bonds. The van der Waals surface area contributed by atoms with E-state index >= 15 is 0 Å². The number of unbranched alkanes of at least 4 members (excludes halogenated alkanes) is 12. The number of aliphatic hydroxyl groups excluding tert-OH is 3. The maximum Gasteiger partial charge on any atom is 0.305 e. The minimum Gasteiger partial charge on any atom is -0.463 e. The van der Waals surface area contributed by atoms with Crippen molar-refractivity contribution in [2.45, 2.75) is 167 Å². The molecule has 0 heterocycles. The lowest BCUT2D eigenvalue weighted by Crippen LogP contribution is -2.25. The van der Waals surface area contributed by atoms with E-state index in [0.29, 0.717) is 25.7 Å². The number of ether oxygens (including phenoxy) is 2. The number of hydrogen-bond donors (Lipinski definition) is 3. The Morgan fingerprint density at radius 3 is 1.66 bits per heavy atom. The molecule has 0 bridgehead atoms. The summed E-state index contributed by atoms with van der Waals surface area (Å²) in [5, 5.41) is 29.8. The van der Waals surface area contributed by atoms with Crippen LogP contribution in [0.3, 0.4) is 0 Å². The van der Waals surface area contributed by atoms with E-state index < -0.39 is 24.3 Å². The molecule has 3 N–H and O–H groups in total. The Balaban J connectivity index is 3.73. The number of hydrogen-bond acceptors (Lipinski definition) is 7. The van der Waals surface area contributed by atoms with E-state index in [4.69, 9.17) is 9.47 Å². The summed E-state index contributed by atoms with van der Waals surface area (Å²) >= 11 is 0. The Kier molecular flexibility index (Phi) is 34.1. The predicted octanol–water partition coefficient (Wildman–Crippen LogP) is 9.97. The molecular formula is C43H72O7. The van der Waals surface area contributed by atoms with Crippen LogP contribution in [0.1, 0.15) is 149 Å². The van der Waals surface area contributed by atoms with Crippen molar-refractivity contribution in [1.82, 2.24) is 0 Å². The van der Waals surface area contributed by atoms with Crippen molar-refractivity contribution < 1.29 is 34.4 Å². The lowest BCUT2D eigenvalue weighted by Gasteiger charge is -2.12. The van der Waals surface area contributed by atoms with Crippen LogP contribution in [0.25, 0.3) is 0 Å². The summed E-state index contributed by atoms with van der Waals surface area (Å²) in [4.78, 5) is 23.9. The highest BCUT2D eigenvalue weighted by molar-refractivity contribution is 5.69. The molecule has 0 unspecified atom stereocenters. The maximum absolute atomic E-state index is 12.0. The molecule has 0 spiro atoms. The summed E-state index contributed by atoms with van der Waals surface area (Å²) in [6, 6.07) is 0. The summed E-state index contributed by atoms with van der Waals surface area (Å²) in [7, 11) is 0. The van der Waals surface area contributed by atoms with Crippen LogP contribution in [0.2, 0.25) is 0 Å². The third-order valence-corrected chi connectivity index (χ3v) is 8.06. The van der Waals surface area contributed by atoms with Crippen LogP contribution in [0, 0.1) is 5.92 Å². The van der Waals surface area contributed by atoms with E-state index in [1.54, 1.807) is 24.3 Å². The third kappa shape index (κ3) is 36.5. The van der Waals surface area contributed by atoms with Gasteiger partial charge in [-0.15, -0.1) is 0 Å². The van der Waals surface area contributed by atoms with Crippen LogP contribution in [0.5, 0.6) is 0 Å². The Hall–Kier alpha value is -2.74. The number of carbonyl (C=O) groups excluding carboxylic acids is 2. The molecule has 0 aliphatic heterocycles. The van der Waals surface area contributed by atoms with Gasteiger partial charge >= 0.3 is 11.9 Å². The van der Waals surface area contributed by atoms with Crippen molar-refractivity contribution in [3.05, 3.63) is 72.9 Å². The molecule has 0 aliphatic carbocycles. The third-order valence-electron chi connectivity index (χ3n) is 8.06. The number of allylic oxidation sites excluding steroid dienone is 8. The van der Waals surface area contributed by atoms with Crippen LogP contribution >= 0.6 is 0 Å². The lowest BCUT2D eigenvalue weighted by molar-refractivity contribution is -0.152. The number of aliphatic hydroxyl groups is 3. The monoisotopic (exact) mass is 701 g/mol. The standard InChI is InChI=1S/C43H72O7/c1-4-5-22-30-39(44)31-24-18-14-12-15-19-25-32-40(45)33-26-21-28-35-43(48)50-37-41(46)36-49-42(47)34-27-20-16-11-9-7-6-8-10-13-17-23-29-38(2)3/h5,14-15,18-19,22,24-26,31-33,38-41,44-46H,4,6-13,16-17,20-21,23,27-30,34-37H2,1-3H3/b18-14-,19-15-,22-5-,31-24+,32-25+,33-26-/t39-,40-,41-/m1/s1. The average Bonchev–Trinajstić information content (AvgIpc) is 3.09. The molecule has 7 heteroatoms. The minimum absolute atomic E-state index is 0.177. The van der Waals surface area contributed by atoms with Gasteiger partial charge in [0.2, 0.25) is 0 Å². The SMILES string of the molecule is CC/C=C\C[C@@H](O)/C=C/C=C\C/C=C\C=C\[C@@H](O)/C=C\CCCC(=O)OC[C@H](O)COC(=O)CCCCCCCCCCCCCCC(C)C. The van der Waals surface area contributed by atoms with Crippen molar-refractivity contribution >= 4 is 11.9 Å². The van der Waals surface area contributed by atoms with Gasteiger partial charge in [0.25, 0.3) is 0 Å². The molecule has 0 aromatic heterocycles. The van der Waals surface area contributed by atoms with E-state index in [2.05, 4.69) is 20.8 Å². The summed E-state index contributed by atoms with van der Waals surface area (Å²) in [5.74, 6) is 0.0821. The van der Waals surface area contributed by atoms with Gasteiger partial charge in [-0.3, -0.25) is 9.59 Å². The first-order chi connectivity index (χ1) is 24.2. The Morgan fingerprint density at radius 1 is 0.580 bits per heavy atom. The topological polar surface area (TPSA) is 113 Å². The molecule has 0 aromatic carbocycles. The average molecular weight is 701 g/mol. The highest BCUT2D eigenvalue weighted by atomic mass is 16.6. The molecule has 50 heavy (non-hydrogen) atoms. The highest BCUT2D eigenvalue weighted by Gasteiger charge is 2.12. The lowest BCUT2D eigenvalue weighted by atomic mass is 10.0. The van der Waals surface area contributed by atoms with Crippen LogP contribution < -0.4 is 0 Å². The number of esters is 2. The van der Waals surface area contributed by atoms with E-state index in [1.807, 2.05) is 48.6 Å². The quantitative estimate of drug-likeness (QED) is 0.0270. The molecule has 0 aliphatic rings. The van der Waals surface area contributed by atoms with Crippen molar-refractivity contribution in [3.8, 4) is 0 Å². The first-order valence-electron chi connectivity index (χ1n) is 19.6. The molecule has 0 saturated carbocycles. The molecule has 0 fully saturated rings. The molecule has 0 aromatic rings. The second-order valence-electron chi connectivity index (χ2n) is 13.6. The van der Waals surface area contributed by atoms with Crippen molar-refractivity contribution in [1.29, 1.82) is 0 Å². The summed E-state index contributed by atoms with van der Waals surface area (Å²) in [6.07, 6.45) is 40.3. The normalized spacial score (nSPS) is 14.4. The second kappa shape index (κ2) is 36.1. The fraction of sp³-hybridized carbons (Fsp3) is 0.674. The highest BCUT2D eigenvalue weighted by Crippen LogP contribution is 2.14. The number of rotatable bonds is 33. The van der Waals surface area contributed by atoms with Gasteiger partial charge in [0.15, 0.2) is 0 Å². The van der Waals surface area contributed by atoms with Crippen LogP contribution in [0.4, 0.5) is 0 Å². The van der Waals surface area contributed by atoms with Crippen LogP contribution in [0.15, 0.2) is 72.9 Å². The smallest absolute Gasteiger partial charge is 0.305 e. The Labute approximate surface area is 305 Å². The van der Waals surface area contributed by atoms with E-state index in [-0.39, 0.29) is 25.6 Å². The van der Waals surface area contributed by atoms with Gasteiger partial charge in [0, 0.05) is 12.8 Å². The first-order valence-corrected chi connectivity index (χ1v) is 19.6. The zero-order valence-corrected chi connectivity index (χ0v) is 31.8. The van der Waals surface area contributed by atoms with Gasteiger partial charge in [-0.1, -0.05) is 171 Å². The van der Waals surface area contributed by atoms with Gasteiger partial charge in [-0.2, -0.15) is 0 Å². The molecule has 3 atom stereocenters. The largest absolute Gasteiger partial charge is 0.463 e. The van der Waals surface area contributed by atoms with Gasteiger partial charge in [-0.25, -0.2) is 0 Å². The molecule has 7 nitrogen and oxygen atoms in total. The molecule has 286 valence electrons. The second-order valence-corrected chi connectivity index (χ2v) is 13.6.